The summed E-state index contributed by atoms with van der Waals surface area (Å²) in [6.45, 7) is 2.75. The molecular weight excluding hydrogens is 419 g/mol. The highest BCUT2D eigenvalue weighted by Crippen LogP contribution is 2.55. The molecule has 4 nitrogen and oxygen atoms in total. The molecule has 0 radical (unpaired) electrons. The molecular formula is C23H19FN2O2S2. The molecule has 1 aromatic heterocycles. The minimum atomic E-state index is -1.07. The molecule has 1 fully saturated rings. The van der Waals surface area contributed by atoms with Crippen molar-refractivity contribution < 1.29 is 14.0 Å². The maximum atomic E-state index is 13.9. The van der Waals surface area contributed by atoms with Crippen LogP contribution in [0.25, 0.3) is 0 Å². The van der Waals surface area contributed by atoms with E-state index in [9.17, 15) is 14.0 Å². The maximum Gasteiger partial charge on any atom is 0.268 e. The fourth-order valence-electron chi connectivity index (χ4n) is 4.24. The third kappa shape index (κ3) is 2.87. The summed E-state index contributed by atoms with van der Waals surface area (Å²) in [6, 6.07) is 15.8. The molecule has 30 heavy (non-hydrogen) atoms. The normalized spacial score (nSPS) is 20.3. The second-order valence-corrected chi connectivity index (χ2v) is 9.70. The van der Waals surface area contributed by atoms with E-state index in [-0.39, 0.29) is 24.2 Å². The van der Waals surface area contributed by atoms with Crippen molar-refractivity contribution in [2.45, 2.75) is 18.3 Å². The van der Waals surface area contributed by atoms with E-state index >= 15 is 0 Å². The predicted molar refractivity (Wildman–Crippen MR) is 118 cm³/mol. The van der Waals surface area contributed by atoms with E-state index in [1.54, 1.807) is 21.9 Å². The number of halogens is 1. The summed E-state index contributed by atoms with van der Waals surface area (Å²) in [5.41, 5.74) is 3.38. The number of aryl methyl sites for hydroxylation is 1. The summed E-state index contributed by atoms with van der Waals surface area (Å²) in [5, 5.41) is 1.87. The summed E-state index contributed by atoms with van der Waals surface area (Å²) in [4.78, 5) is 30.2. The highest BCUT2D eigenvalue weighted by atomic mass is 32.2. The predicted octanol–water partition coefficient (Wildman–Crippen LogP) is 4.78. The molecule has 2 aliphatic heterocycles. The third-order valence-electron chi connectivity index (χ3n) is 5.56. The van der Waals surface area contributed by atoms with E-state index in [2.05, 4.69) is 0 Å². The van der Waals surface area contributed by atoms with Gasteiger partial charge < -0.3 is 9.80 Å². The second-order valence-electron chi connectivity index (χ2n) is 7.47. The lowest BCUT2D eigenvalue weighted by Gasteiger charge is -2.33. The van der Waals surface area contributed by atoms with E-state index in [4.69, 9.17) is 0 Å². The molecule has 7 heteroatoms. The lowest BCUT2D eigenvalue weighted by atomic mass is 10.0. The summed E-state index contributed by atoms with van der Waals surface area (Å²) in [7, 11) is 0. The first kappa shape index (κ1) is 19.3. The fraction of sp³-hybridized carbons (Fsp3) is 0.217. The largest absolute Gasteiger partial charge is 0.310 e. The Morgan fingerprint density at radius 2 is 2.03 bits per heavy atom. The molecule has 1 saturated heterocycles. The number of benzene rings is 2. The molecule has 0 N–H and O–H groups in total. The number of fused-ring (bicyclic) bond motifs is 2. The number of anilines is 1. The Balaban J connectivity index is 1.61. The van der Waals surface area contributed by atoms with Crippen molar-refractivity contribution in [2.75, 3.05) is 17.2 Å². The van der Waals surface area contributed by atoms with Crippen LogP contribution in [0.5, 0.6) is 0 Å². The van der Waals surface area contributed by atoms with E-state index in [0.717, 1.165) is 16.8 Å². The smallest absolute Gasteiger partial charge is 0.268 e. The molecule has 1 spiro atoms. The van der Waals surface area contributed by atoms with Crippen LogP contribution < -0.4 is 4.90 Å². The summed E-state index contributed by atoms with van der Waals surface area (Å²) < 4.78 is 13.7. The molecule has 0 bridgehead atoms. The Morgan fingerprint density at radius 1 is 1.17 bits per heavy atom. The Hall–Kier alpha value is -2.64. The minimum Gasteiger partial charge on any atom is -0.310 e. The first-order valence-electron chi connectivity index (χ1n) is 9.68. The molecule has 0 aliphatic carbocycles. The van der Waals surface area contributed by atoms with Gasteiger partial charge in [0.1, 0.15) is 5.82 Å². The van der Waals surface area contributed by atoms with Crippen LogP contribution >= 0.6 is 23.1 Å². The number of carbonyl (C=O) groups excluding carboxylic acids is 2. The zero-order valence-electron chi connectivity index (χ0n) is 16.3. The van der Waals surface area contributed by atoms with E-state index in [1.807, 2.05) is 42.6 Å². The third-order valence-corrected chi connectivity index (χ3v) is 7.83. The lowest BCUT2D eigenvalue weighted by molar-refractivity contribution is -0.123. The first-order chi connectivity index (χ1) is 14.5. The van der Waals surface area contributed by atoms with Gasteiger partial charge in [0.2, 0.25) is 0 Å². The number of amides is 2. The first-order valence-corrected chi connectivity index (χ1v) is 11.5. The number of hydrogen-bond acceptors (Lipinski definition) is 4. The van der Waals surface area contributed by atoms with Crippen molar-refractivity contribution in [1.29, 1.82) is 0 Å². The molecule has 2 aromatic carbocycles. The minimum absolute atomic E-state index is 0.122. The van der Waals surface area contributed by atoms with E-state index < -0.39 is 4.87 Å². The highest BCUT2D eigenvalue weighted by Gasteiger charge is 2.59. The summed E-state index contributed by atoms with van der Waals surface area (Å²) >= 11 is 2.89. The Bertz CT molecular complexity index is 1150. The van der Waals surface area contributed by atoms with Gasteiger partial charge in [-0.3, -0.25) is 9.59 Å². The quantitative estimate of drug-likeness (QED) is 0.591. The molecule has 152 valence electrons. The van der Waals surface area contributed by atoms with Gasteiger partial charge in [0.05, 0.1) is 17.1 Å². The van der Waals surface area contributed by atoms with Gasteiger partial charge in [-0.2, -0.15) is 0 Å². The Kier molecular flexibility index (Phi) is 4.67. The Labute approximate surface area is 182 Å². The number of hydrogen-bond donors (Lipinski definition) is 0. The molecule has 5 rings (SSSR count). The summed E-state index contributed by atoms with van der Waals surface area (Å²) in [6.07, 6.45) is 0. The van der Waals surface area contributed by atoms with E-state index in [1.165, 1.54) is 35.2 Å². The topological polar surface area (TPSA) is 40.6 Å². The Morgan fingerprint density at radius 3 is 2.80 bits per heavy atom. The number of thiophene rings is 1. The molecule has 3 aromatic rings. The van der Waals surface area contributed by atoms with Crippen LogP contribution in [0.4, 0.5) is 10.1 Å². The van der Waals surface area contributed by atoms with Gasteiger partial charge in [-0.05, 0) is 42.1 Å². The standard InChI is InChI=1S/C23H19FN2O2S2/c1-15-7-8-19-18(12-15)23(22(28)25(19)14-16-4-2-5-17(24)13-16)26(9-11-30-23)21(27)20-6-3-10-29-20/h2-8,10,12-13H,9,11,14H2,1H3. The van der Waals surface area contributed by atoms with Gasteiger partial charge in [-0.1, -0.05) is 35.9 Å². The average molecular weight is 439 g/mol. The number of nitrogens with zero attached hydrogens (tertiary/aromatic N) is 2. The molecule has 3 heterocycles. The van der Waals surface area contributed by atoms with Gasteiger partial charge in [-0.25, -0.2) is 4.39 Å². The monoisotopic (exact) mass is 438 g/mol. The van der Waals surface area contributed by atoms with Crippen molar-refractivity contribution in [3.63, 3.8) is 0 Å². The van der Waals surface area contributed by atoms with Crippen LogP contribution in [0.15, 0.2) is 60.0 Å². The SMILES string of the molecule is Cc1ccc2c(c1)C1(SCCN1C(=O)c1cccs1)C(=O)N2Cc1cccc(F)c1. The van der Waals surface area contributed by atoms with Gasteiger partial charge in [0.15, 0.2) is 4.87 Å². The fourth-order valence-corrected chi connectivity index (χ4v) is 6.36. The van der Waals surface area contributed by atoms with Crippen LogP contribution in [0.2, 0.25) is 0 Å². The van der Waals surface area contributed by atoms with Crippen molar-refractivity contribution in [3.05, 3.63) is 87.4 Å². The molecule has 2 amide bonds. The average Bonchev–Trinajstić information content (AvgIpc) is 3.45. The molecule has 1 unspecified atom stereocenters. The van der Waals surface area contributed by atoms with Crippen molar-refractivity contribution in [1.82, 2.24) is 4.90 Å². The van der Waals surface area contributed by atoms with Crippen molar-refractivity contribution in [3.8, 4) is 0 Å². The van der Waals surface area contributed by atoms with Crippen LogP contribution in [0.3, 0.4) is 0 Å². The van der Waals surface area contributed by atoms with Gasteiger partial charge in [0.25, 0.3) is 11.8 Å². The van der Waals surface area contributed by atoms with Crippen LogP contribution in [0.1, 0.15) is 26.4 Å². The maximum absolute atomic E-state index is 13.9. The van der Waals surface area contributed by atoms with Gasteiger partial charge in [-0.15, -0.1) is 23.1 Å². The summed E-state index contributed by atoms with van der Waals surface area (Å²) in [5.74, 6) is 0.0928. The van der Waals surface area contributed by atoms with Crippen molar-refractivity contribution in [2.24, 2.45) is 0 Å². The molecule has 1 atom stereocenters. The second kappa shape index (κ2) is 7.25. The number of rotatable bonds is 3. The molecule has 0 saturated carbocycles. The highest BCUT2D eigenvalue weighted by molar-refractivity contribution is 8.01. The number of thioether (sulfide) groups is 1. The van der Waals surface area contributed by atoms with Crippen molar-refractivity contribution >= 4 is 40.6 Å². The lowest BCUT2D eigenvalue weighted by Crippen LogP contribution is -2.50. The van der Waals surface area contributed by atoms with Gasteiger partial charge in [0, 0.05) is 17.9 Å². The number of carbonyl (C=O) groups is 2. The van der Waals surface area contributed by atoms with Gasteiger partial charge >= 0.3 is 0 Å². The van der Waals surface area contributed by atoms with Crippen LogP contribution in [-0.4, -0.2) is 29.0 Å². The van der Waals surface area contributed by atoms with E-state index in [0.29, 0.717) is 22.7 Å². The van der Waals surface area contributed by atoms with Crippen LogP contribution in [0, 0.1) is 12.7 Å². The van der Waals surface area contributed by atoms with Crippen LogP contribution in [-0.2, 0) is 16.2 Å². The zero-order chi connectivity index (χ0) is 20.9. The zero-order valence-corrected chi connectivity index (χ0v) is 17.9. The molecule has 2 aliphatic rings.